The number of Topliss-reactive ketones (excluding diaryl/α,β-unsaturated/α-hetero) is 1. The van der Waals surface area contributed by atoms with Crippen molar-refractivity contribution in [3.8, 4) is 0 Å². The fraction of sp³-hybridized carbons (Fsp3) is 0.444. The van der Waals surface area contributed by atoms with Crippen LogP contribution < -0.4 is 5.32 Å². The molecular formula is C9H11N3O2. The largest absolute Gasteiger partial charge is 0.345 e. The highest BCUT2D eigenvalue weighted by Gasteiger charge is 2.27. The van der Waals surface area contributed by atoms with Crippen LogP contribution in [0.25, 0.3) is 0 Å². The number of hydrogen-bond donors (Lipinski definition) is 1. The van der Waals surface area contributed by atoms with Crippen LogP contribution in [0.15, 0.2) is 12.4 Å². The van der Waals surface area contributed by atoms with Crippen molar-refractivity contribution in [1.29, 1.82) is 0 Å². The highest BCUT2D eigenvalue weighted by atomic mass is 16.2. The fourth-order valence-electron chi connectivity index (χ4n) is 1.64. The molecular weight excluding hydrogens is 182 g/mol. The van der Waals surface area contributed by atoms with Crippen LogP contribution in [-0.4, -0.2) is 21.2 Å². The number of piperidine rings is 1. The third-order valence-corrected chi connectivity index (χ3v) is 2.29. The van der Waals surface area contributed by atoms with Crippen molar-refractivity contribution in [1.82, 2.24) is 14.9 Å². The van der Waals surface area contributed by atoms with E-state index in [0.29, 0.717) is 6.42 Å². The number of carbonyl (C=O) groups is 2. The summed E-state index contributed by atoms with van der Waals surface area (Å²) in [5, 5.41) is 2.75. The Morgan fingerprint density at radius 2 is 2.36 bits per heavy atom. The molecule has 1 saturated heterocycles. The number of carbonyl (C=O) groups excluding carboxylic acids is 2. The lowest BCUT2D eigenvalue weighted by Crippen LogP contribution is -2.38. The standard InChI is InChI=1S/C9H11N3O2/c1-12-3-2-10-9(12)7-4-6(13)5-8(14)11-7/h2-3,7H,4-5H2,1H3,(H,11,14). The summed E-state index contributed by atoms with van der Waals surface area (Å²) in [5.74, 6) is 0.488. The van der Waals surface area contributed by atoms with Crippen LogP contribution in [0.5, 0.6) is 0 Å². The van der Waals surface area contributed by atoms with Crippen LogP contribution in [-0.2, 0) is 16.6 Å². The maximum atomic E-state index is 11.2. The molecule has 0 aliphatic carbocycles. The van der Waals surface area contributed by atoms with E-state index < -0.39 is 0 Å². The van der Waals surface area contributed by atoms with Crippen molar-refractivity contribution in [3.63, 3.8) is 0 Å². The van der Waals surface area contributed by atoms with Gasteiger partial charge in [0.1, 0.15) is 11.6 Å². The number of amides is 1. The first-order chi connectivity index (χ1) is 6.66. The van der Waals surface area contributed by atoms with Gasteiger partial charge >= 0.3 is 0 Å². The van der Waals surface area contributed by atoms with E-state index in [1.807, 2.05) is 11.6 Å². The van der Waals surface area contributed by atoms with Gasteiger partial charge in [-0.15, -0.1) is 0 Å². The smallest absolute Gasteiger partial charge is 0.228 e. The quantitative estimate of drug-likeness (QED) is 0.635. The summed E-state index contributed by atoms with van der Waals surface area (Å²) in [6.07, 6.45) is 3.79. The van der Waals surface area contributed by atoms with Crippen molar-refractivity contribution >= 4 is 11.7 Å². The Bertz CT molecular complexity index is 367. The van der Waals surface area contributed by atoms with Gasteiger partial charge in [0.25, 0.3) is 0 Å². The van der Waals surface area contributed by atoms with Gasteiger partial charge in [-0.05, 0) is 0 Å². The molecule has 0 spiro atoms. The monoisotopic (exact) mass is 193 g/mol. The molecule has 0 aromatic carbocycles. The third-order valence-electron chi connectivity index (χ3n) is 2.29. The van der Waals surface area contributed by atoms with Crippen molar-refractivity contribution < 1.29 is 9.59 Å². The van der Waals surface area contributed by atoms with E-state index in [4.69, 9.17) is 0 Å². The number of ketones is 1. The summed E-state index contributed by atoms with van der Waals surface area (Å²) in [5.41, 5.74) is 0. The molecule has 5 heteroatoms. The topological polar surface area (TPSA) is 64.0 Å². The molecule has 1 fully saturated rings. The van der Waals surface area contributed by atoms with Crippen molar-refractivity contribution in [2.24, 2.45) is 7.05 Å². The lowest BCUT2D eigenvalue weighted by Gasteiger charge is -2.21. The molecule has 2 heterocycles. The summed E-state index contributed by atoms with van der Waals surface area (Å²) >= 11 is 0. The third kappa shape index (κ3) is 1.53. The fourth-order valence-corrected chi connectivity index (χ4v) is 1.64. The predicted octanol–water partition coefficient (Wildman–Crippen LogP) is -0.0597. The summed E-state index contributed by atoms with van der Waals surface area (Å²) < 4.78 is 1.81. The molecule has 0 bridgehead atoms. The van der Waals surface area contributed by atoms with Gasteiger partial charge in [0.2, 0.25) is 5.91 Å². The highest BCUT2D eigenvalue weighted by molar-refractivity contribution is 6.00. The number of nitrogens with zero attached hydrogens (tertiary/aromatic N) is 2. The van der Waals surface area contributed by atoms with Crippen molar-refractivity contribution in [2.45, 2.75) is 18.9 Å². The van der Waals surface area contributed by atoms with Gasteiger partial charge in [0.15, 0.2) is 0 Å². The molecule has 1 N–H and O–H groups in total. The average molecular weight is 193 g/mol. The highest BCUT2D eigenvalue weighted by Crippen LogP contribution is 2.19. The molecule has 1 unspecified atom stereocenters. The van der Waals surface area contributed by atoms with Gasteiger partial charge in [0, 0.05) is 25.9 Å². The van der Waals surface area contributed by atoms with Gasteiger partial charge in [0.05, 0.1) is 12.5 Å². The number of hydrogen-bond acceptors (Lipinski definition) is 3. The Balaban J connectivity index is 2.23. The summed E-state index contributed by atoms with van der Waals surface area (Å²) in [7, 11) is 1.84. The zero-order valence-electron chi connectivity index (χ0n) is 7.86. The van der Waals surface area contributed by atoms with Gasteiger partial charge in [-0.1, -0.05) is 0 Å². The van der Waals surface area contributed by atoms with Gasteiger partial charge in [-0.2, -0.15) is 0 Å². The molecule has 5 nitrogen and oxygen atoms in total. The molecule has 2 rings (SSSR count). The van der Waals surface area contributed by atoms with E-state index in [1.54, 1.807) is 12.4 Å². The maximum Gasteiger partial charge on any atom is 0.228 e. The number of nitrogens with one attached hydrogen (secondary N) is 1. The molecule has 1 aliphatic heterocycles. The Hall–Kier alpha value is -1.65. The van der Waals surface area contributed by atoms with E-state index in [-0.39, 0.29) is 24.2 Å². The summed E-state index contributed by atoms with van der Waals surface area (Å²) in [6, 6.07) is -0.260. The molecule has 74 valence electrons. The lowest BCUT2D eigenvalue weighted by molar-refractivity contribution is -0.132. The van der Waals surface area contributed by atoms with Gasteiger partial charge < -0.3 is 9.88 Å². The van der Waals surface area contributed by atoms with Crippen molar-refractivity contribution in [3.05, 3.63) is 18.2 Å². The second-order valence-corrected chi connectivity index (χ2v) is 3.44. The number of imidazole rings is 1. The van der Waals surface area contributed by atoms with E-state index in [0.717, 1.165) is 5.82 Å². The van der Waals surface area contributed by atoms with Crippen LogP contribution in [0, 0.1) is 0 Å². The summed E-state index contributed by atoms with van der Waals surface area (Å²) in [4.78, 5) is 26.4. The van der Waals surface area contributed by atoms with E-state index in [9.17, 15) is 9.59 Å². The molecule has 1 amide bonds. The summed E-state index contributed by atoms with van der Waals surface area (Å²) in [6.45, 7) is 0. The normalized spacial score (nSPS) is 22.2. The molecule has 14 heavy (non-hydrogen) atoms. The van der Waals surface area contributed by atoms with E-state index in [2.05, 4.69) is 10.3 Å². The van der Waals surface area contributed by atoms with Crippen LogP contribution in [0.2, 0.25) is 0 Å². The maximum absolute atomic E-state index is 11.2. The SMILES string of the molecule is Cn1ccnc1C1CC(=O)CC(=O)N1. The van der Waals surface area contributed by atoms with Gasteiger partial charge in [-0.3, -0.25) is 9.59 Å². The number of aromatic nitrogens is 2. The number of aryl methyl sites for hydroxylation is 1. The van der Waals surface area contributed by atoms with E-state index in [1.165, 1.54) is 0 Å². The molecule has 1 atom stereocenters. The molecule has 1 aromatic rings. The second kappa shape index (κ2) is 3.25. The Kier molecular flexibility index (Phi) is 2.07. The minimum absolute atomic E-state index is 0.000916. The first-order valence-electron chi connectivity index (χ1n) is 4.45. The zero-order valence-corrected chi connectivity index (χ0v) is 7.86. The predicted molar refractivity (Wildman–Crippen MR) is 48.3 cm³/mol. The van der Waals surface area contributed by atoms with E-state index >= 15 is 0 Å². The number of rotatable bonds is 1. The Morgan fingerprint density at radius 3 is 2.93 bits per heavy atom. The first kappa shape index (κ1) is 8.93. The second-order valence-electron chi connectivity index (χ2n) is 3.44. The zero-order chi connectivity index (χ0) is 10.1. The first-order valence-corrected chi connectivity index (χ1v) is 4.45. The minimum Gasteiger partial charge on any atom is -0.345 e. The minimum atomic E-state index is -0.260. The molecule has 0 radical (unpaired) electrons. The lowest BCUT2D eigenvalue weighted by atomic mass is 10.0. The van der Waals surface area contributed by atoms with Crippen LogP contribution in [0.4, 0.5) is 0 Å². The van der Waals surface area contributed by atoms with Crippen molar-refractivity contribution in [2.75, 3.05) is 0 Å². The molecule has 0 saturated carbocycles. The van der Waals surface area contributed by atoms with Gasteiger partial charge in [-0.25, -0.2) is 4.98 Å². The molecule has 1 aromatic heterocycles. The van der Waals surface area contributed by atoms with Crippen LogP contribution >= 0.6 is 0 Å². The Morgan fingerprint density at radius 1 is 1.57 bits per heavy atom. The average Bonchev–Trinajstić information content (AvgIpc) is 2.49. The Labute approximate surface area is 81.1 Å². The molecule has 1 aliphatic rings. The van der Waals surface area contributed by atoms with Crippen LogP contribution in [0.1, 0.15) is 24.7 Å². The van der Waals surface area contributed by atoms with Crippen LogP contribution in [0.3, 0.4) is 0 Å².